The Kier molecular flexibility index (Phi) is 5.90. The van der Waals surface area contributed by atoms with Crippen LogP contribution in [0, 0.1) is 6.92 Å². The summed E-state index contributed by atoms with van der Waals surface area (Å²) < 4.78 is 2.48. The molecule has 0 fully saturated rings. The van der Waals surface area contributed by atoms with E-state index in [9.17, 15) is 4.79 Å². The molecule has 5 nitrogen and oxygen atoms in total. The van der Waals surface area contributed by atoms with Gasteiger partial charge in [-0.25, -0.2) is 9.67 Å². The van der Waals surface area contributed by atoms with Crippen molar-refractivity contribution in [2.24, 2.45) is 0 Å². The van der Waals surface area contributed by atoms with Gasteiger partial charge >= 0.3 is 0 Å². The normalized spacial score (nSPS) is 10.8. The molecule has 0 aliphatic carbocycles. The number of amides is 1. The fourth-order valence-corrected chi connectivity index (χ4v) is 3.62. The van der Waals surface area contributed by atoms with Crippen molar-refractivity contribution in [3.63, 3.8) is 0 Å². The van der Waals surface area contributed by atoms with Gasteiger partial charge < -0.3 is 5.32 Å². The Hall–Kier alpha value is -2.67. The van der Waals surface area contributed by atoms with E-state index in [1.54, 1.807) is 41.1 Å². The standard InChI is InChI=1S/C22H15BrCl2N4O/c1-13-5-8-17(25)12-19(13)29-21(14-6-9-16(24)10-7-14)27-20(28-29)22(30)26-18-4-2-3-15(23)11-18/h2-12H,1H3,(H,26,30). The van der Waals surface area contributed by atoms with Crippen molar-refractivity contribution in [2.45, 2.75) is 6.92 Å². The van der Waals surface area contributed by atoms with Gasteiger partial charge in [0.1, 0.15) is 0 Å². The monoisotopic (exact) mass is 500 g/mol. The summed E-state index contributed by atoms with van der Waals surface area (Å²) in [7, 11) is 0. The summed E-state index contributed by atoms with van der Waals surface area (Å²) in [5, 5.41) is 8.48. The maximum absolute atomic E-state index is 12.8. The molecule has 0 saturated heterocycles. The number of hydrogen-bond acceptors (Lipinski definition) is 3. The highest BCUT2D eigenvalue weighted by molar-refractivity contribution is 9.10. The molecule has 4 aromatic rings. The van der Waals surface area contributed by atoms with Gasteiger partial charge in [-0.1, -0.05) is 51.3 Å². The van der Waals surface area contributed by atoms with Gasteiger partial charge in [0.2, 0.25) is 5.82 Å². The van der Waals surface area contributed by atoms with E-state index >= 15 is 0 Å². The number of rotatable bonds is 4. The number of anilines is 1. The third kappa shape index (κ3) is 4.41. The molecule has 0 spiro atoms. The maximum Gasteiger partial charge on any atom is 0.295 e. The van der Waals surface area contributed by atoms with Crippen LogP contribution < -0.4 is 5.32 Å². The molecule has 0 aliphatic heterocycles. The van der Waals surface area contributed by atoms with Gasteiger partial charge in [0.15, 0.2) is 5.82 Å². The number of aromatic nitrogens is 3. The lowest BCUT2D eigenvalue weighted by molar-refractivity contribution is 0.101. The average molecular weight is 502 g/mol. The number of nitrogens with one attached hydrogen (secondary N) is 1. The topological polar surface area (TPSA) is 59.8 Å². The van der Waals surface area contributed by atoms with E-state index in [0.717, 1.165) is 21.3 Å². The Morgan fingerprint density at radius 2 is 1.73 bits per heavy atom. The van der Waals surface area contributed by atoms with Crippen LogP contribution in [0.2, 0.25) is 10.0 Å². The number of nitrogens with zero attached hydrogens (tertiary/aromatic N) is 3. The van der Waals surface area contributed by atoms with E-state index in [0.29, 0.717) is 21.6 Å². The van der Waals surface area contributed by atoms with Gasteiger partial charge in [0.25, 0.3) is 5.91 Å². The van der Waals surface area contributed by atoms with Crippen LogP contribution in [-0.2, 0) is 0 Å². The minimum atomic E-state index is -0.415. The van der Waals surface area contributed by atoms with Gasteiger partial charge in [-0.2, -0.15) is 0 Å². The molecule has 4 rings (SSSR count). The van der Waals surface area contributed by atoms with Crippen LogP contribution in [0.25, 0.3) is 17.1 Å². The number of carbonyl (C=O) groups is 1. The van der Waals surface area contributed by atoms with E-state index in [-0.39, 0.29) is 5.82 Å². The molecule has 1 heterocycles. The second kappa shape index (κ2) is 8.60. The van der Waals surface area contributed by atoms with Gasteiger partial charge in [-0.3, -0.25) is 4.79 Å². The fourth-order valence-electron chi connectivity index (χ4n) is 2.93. The van der Waals surface area contributed by atoms with Gasteiger partial charge in [-0.15, -0.1) is 5.10 Å². The molecule has 0 atom stereocenters. The van der Waals surface area contributed by atoms with Crippen LogP contribution in [0.5, 0.6) is 0 Å². The smallest absolute Gasteiger partial charge is 0.295 e. The number of aryl methyl sites for hydroxylation is 1. The first-order chi connectivity index (χ1) is 14.4. The molecule has 0 unspecified atom stereocenters. The van der Waals surface area contributed by atoms with E-state index in [1.165, 1.54) is 0 Å². The lowest BCUT2D eigenvalue weighted by atomic mass is 10.2. The summed E-state index contributed by atoms with van der Waals surface area (Å²) in [6.07, 6.45) is 0. The molecule has 1 aromatic heterocycles. The Morgan fingerprint density at radius 3 is 2.47 bits per heavy atom. The van der Waals surface area contributed by atoms with Crippen LogP contribution >= 0.6 is 39.1 Å². The van der Waals surface area contributed by atoms with Crippen molar-refractivity contribution < 1.29 is 4.79 Å². The van der Waals surface area contributed by atoms with Crippen molar-refractivity contribution in [1.29, 1.82) is 0 Å². The number of benzene rings is 3. The molecular weight excluding hydrogens is 487 g/mol. The van der Waals surface area contributed by atoms with Gasteiger partial charge in [0, 0.05) is 25.8 Å². The second-order valence-corrected chi connectivity index (χ2v) is 8.36. The molecule has 1 amide bonds. The van der Waals surface area contributed by atoms with E-state index < -0.39 is 5.91 Å². The highest BCUT2D eigenvalue weighted by atomic mass is 79.9. The maximum atomic E-state index is 12.8. The van der Waals surface area contributed by atoms with Gasteiger partial charge in [0.05, 0.1) is 5.69 Å². The number of halogens is 3. The lowest BCUT2D eigenvalue weighted by Gasteiger charge is -2.09. The molecular formula is C22H15BrCl2N4O. The van der Waals surface area contributed by atoms with Crippen LogP contribution in [0.15, 0.2) is 71.2 Å². The predicted octanol–water partition coefficient (Wildman–Crippen LogP) is 6.56. The average Bonchev–Trinajstić information content (AvgIpc) is 3.16. The van der Waals surface area contributed by atoms with Gasteiger partial charge in [-0.05, 0) is 67.1 Å². The minimum absolute atomic E-state index is 0.0410. The zero-order valence-electron chi connectivity index (χ0n) is 15.7. The first kappa shape index (κ1) is 20.6. The molecule has 8 heteroatoms. The Labute approximate surface area is 191 Å². The molecule has 150 valence electrons. The highest BCUT2D eigenvalue weighted by Crippen LogP contribution is 2.27. The highest BCUT2D eigenvalue weighted by Gasteiger charge is 2.20. The van der Waals surface area contributed by atoms with Crippen LogP contribution in [-0.4, -0.2) is 20.7 Å². The van der Waals surface area contributed by atoms with E-state index in [1.807, 2.05) is 37.3 Å². The molecule has 30 heavy (non-hydrogen) atoms. The van der Waals surface area contributed by atoms with Crippen LogP contribution in [0.3, 0.4) is 0 Å². The first-order valence-electron chi connectivity index (χ1n) is 8.97. The Morgan fingerprint density at radius 1 is 1.00 bits per heavy atom. The van der Waals surface area contributed by atoms with Crippen molar-refractivity contribution >= 4 is 50.7 Å². The third-order valence-electron chi connectivity index (χ3n) is 4.39. The molecule has 0 radical (unpaired) electrons. The first-order valence-corrected chi connectivity index (χ1v) is 10.5. The van der Waals surface area contributed by atoms with Crippen LogP contribution in [0.1, 0.15) is 16.2 Å². The predicted molar refractivity (Wildman–Crippen MR) is 124 cm³/mol. The lowest BCUT2D eigenvalue weighted by Crippen LogP contribution is -2.14. The minimum Gasteiger partial charge on any atom is -0.319 e. The number of carbonyl (C=O) groups excluding carboxylic acids is 1. The Balaban J connectivity index is 1.80. The summed E-state index contributed by atoms with van der Waals surface area (Å²) >= 11 is 15.6. The summed E-state index contributed by atoms with van der Waals surface area (Å²) in [5.74, 6) is 0.137. The number of hydrogen-bond donors (Lipinski definition) is 1. The van der Waals surface area contributed by atoms with E-state index in [4.69, 9.17) is 23.2 Å². The van der Waals surface area contributed by atoms with Crippen molar-refractivity contribution in [3.05, 3.63) is 92.6 Å². The second-order valence-electron chi connectivity index (χ2n) is 6.57. The summed E-state index contributed by atoms with van der Waals surface area (Å²) in [5.41, 5.74) is 3.09. The quantitative estimate of drug-likeness (QED) is 0.344. The summed E-state index contributed by atoms with van der Waals surface area (Å²) in [6, 6.07) is 20.0. The molecule has 0 aliphatic rings. The zero-order valence-corrected chi connectivity index (χ0v) is 18.8. The Bertz CT molecular complexity index is 1240. The largest absolute Gasteiger partial charge is 0.319 e. The SMILES string of the molecule is Cc1ccc(Cl)cc1-n1nc(C(=O)Nc2cccc(Br)c2)nc1-c1ccc(Cl)cc1. The molecule has 3 aromatic carbocycles. The third-order valence-corrected chi connectivity index (χ3v) is 5.37. The zero-order chi connectivity index (χ0) is 21.3. The van der Waals surface area contributed by atoms with Crippen LogP contribution in [0.4, 0.5) is 5.69 Å². The molecule has 0 saturated carbocycles. The molecule has 1 N–H and O–H groups in total. The van der Waals surface area contributed by atoms with Crippen molar-refractivity contribution in [2.75, 3.05) is 5.32 Å². The summed E-state index contributed by atoms with van der Waals surface area (Å²) in [4.78, 5) is 17.4. The van der Waals surface area contributed by atoms with E-state index in [2.05, 4.69) is 31.3 Å². The van der Waals surface area contributed by atoms with Crippen molar-refractivity contribution in [3.8, 4) is 17.1 Å². The molecule has 0 bridgehead atoms. The summed E-state index contributed by atoms with van der Waals surface area (Å²) in [6.45, 7) is 1.94. The fraction of sp³-hybridized carbons (Fsp3) is 0.0455. The van der Waals surface area contributed by atoms with Crippen molar-refractivity contribution in [1.82, 2.24) is 14.8 Å².